The zero-order chi connectivity index (χ0) is 16.8. The number of hydrogen-bond acceptors (Lipinski definition) is 3. The first-order chi connectivity index (χ1) is 10.7. The summed E-state index contributed by atoms with van der Waals surface area (Å²) in [5, 5.41) is 5.66. The highest BCUT2D eigenvalue weighted by atomic mass is 16.2. The van der Waals surface area contributed by atoms with E-state index in [4.69, 9.17) is 0 Å². The summed E-state index contributed by atoms with van der Waals surface area (Å²) < 4.78 is 1.47. The van der Waals surface area contributed by atoms with Gasteiger partial charge >= 0.3 is 11.7 Å². The van der Waals surface area contributed by atoms with Crippen LogP contribution in [0.15, 0.2) is 15.8 Å². The predicted octanol–water partition coefficient (Wildman–Crippen LogP) is 0.889. The van der Waals surface area contributed by atoms with E-state index in [2.05, 4.69) is 15.6 Å². The van der Waals surface area contributed by atoms with Gasteiger partial charge in [-0.15, -0.1) is 0 Å². The maximum atomic E-state index is 12.0. The molecule has 2 saturated carbocycles. The molecule has 0 bridgehead atoms. The Balaban J connectivity index is 1.62. The van der Waals surface area contributed by atoms with E-state index in [-0.39, 0.29) is 18.6 Å². The van der Waals surface area contributed by atoms with E-state index in [9.17, 15) is 14.4 Å². The number of rotatable bonds is 3. The van der Waals surface area contributed by atoms with E-state index in [1.807, 2.05) is 20.8 Å². The first kappa shape index (κ1) is 15.8. The van der Waals surface area contributed by atoms with Gasteiger partial charge in [-0.25, -0.2) is 9.59 Å². The average Bonchev–Trinajstić information content (AvgIpc) is 3.03. The number of nitrogens with one attached hydrogen (secondary N) is 3. The van der Waals surface area contributed by atoms with Crippen molar-refractivity contribution in [2.45, 2.75) is 58.2 Å². The molecule has 7 heteroatoms. The van der Waals surface area contributed by atoms with Crippen LogP contribution in [0.25, 0.3) is 0 Å². The molecular weight excluding hydrogens is 296 g/mol. The fraction of sp³-hybridized carbons (Fsp3) is 0.688. The summed E-state index contributed by atoms with van der Waals surface area (Å²) >= 11 is 0. The highest BCUT2D eigenvalue weighted by Crippen LogP contribution is 2.51. The summed E-state index contributed by atoms with van der Waals surface area (Å²) in [6.07, 6.45) is 4.96. The first-order valence-electron chi connectivity index (χ1n) is 8.14. The number of hydrogen-bond donors (Lipinski definition) is 3. The van der Waals surface area contributed by atoms with Gasteiger partial charge in [-0.2, -0.15) is 0 Å². The number of amides is 2. The van der Waals surface area contributed by atoms with Gasteiger partial charge in [0.1, 0.15) is 0 Å². The molecule has 126 valence electrons. The highest BCUT2D eigenvalue weighted by Gasteiger charge is 2.46. The maximum absolute atomic E-state index is 12.0. The van der Waals surface area contributed by atoms with Gasteiger partial charge in [-0.3, -0.25) is 14.3 Å². The van der Waals surface area contributed by atoms with Gasteiger partial charge in [-0.1, -0.05) is 0 Å². The molecule has 2 fully saturated rings. The van der Waals surface area contributed by atoms with Crippen molar-refractivity contribution in [3.63, 3.8) is 0 Å². The second-order valence-electron chi connectivity index (χ2n) is 7.71. The zero-order valence-electron chi connectivity index (χ0n) is 13.8. The molecule has 2 atom stereocenters. The van der Waals surface area contributed by atoms with E-state index < -0.39 is 16.8 Å². The van der Waals surface area contributed by atoms with E-state index >= 15 is 0 Å². The van der Waals surface area contributed by atoms with Crippen LogP contribution in [-0.2, 0) is 12.1 Å². The Morgan fingerprint density at radius 3 is 2.52 bits per heavy atom. The van der Waals surface area contributed by atoms with Crippen LogP contribution in [0, 0.1) is 11.8 Å². The Labute approximate surface area is 134 Å². The predicted molar refractivity (Wildman–Crippen MR) is 86.3 cm³/mol. The molecule has 1 aromatic heterocycles. The highest BCUT2D eigenvalue weighted by molar-refractivity contribution is 5.74. The van der Waals surface area contributed by atoms with Crippen LogP contribution in [-0.4, -0.2) is 21.6 Å². The van der Waals surface area contributed by atoms with Gasteiger partial charge in [0.25, 0.3) is 5.56 Å². The number of carbonyl (C=O) groups is 1. The Kier molecular flexibility index (Phi) is 3.82. The van der Waals surface area contributed by atoms with Crippen LogP contribution in [0.3, 0.4) is 0 Å². The summed E-state index contributed by atoms with van der Waals surface area (Å²) in [5.41, 5.74) is -0.980. The van der Waals surface area contributed by atoms with E-state index in [0.717, 1.165) is 24.7 Å². The molecule has 0 aromatic carbocycles. The molecule has 7 nitrogen and oxygen atoms in total. The standard InChI is InChI=1S/C16H24N4O3/c1-16(2,3)20-8-11(13(21)19-15(20)23)7-17-14(22)18-12-5-9-4-10(9)6-12/h8-10,12H,4-7H2,1-3H3,(H2,17,18,22)(H,19,21,23). The van der Waals surface area contributed by atoms with Crippen molar-refractivity contribution in [2.75, 3.05) is 0 Å². The third-order valence-corrected chi connectivity index (χ3v) is 4.76. The molecule has 23 heavy (non-hydrogen) atoms. The van der Waals surface area contributed by atoms with Gasteiger partial charge < -0.3 is 10.6 Å². The van der Waals surface area contributed by atoms with Crippen molar-refractivity contribution in [3.05, 3.63) is 32.6 Å². The van der Waals surface area contributed by atoms with Gasteiger partial charge in [0.05, 0.1) is 12.1 Å². The molecule has 2 aliphatic carbocycles. The number of aromatic amines is 1. The van der Waals surface area contributed by atoms with Crippen molar-refractivity contribution in [1.29, 1.82) is 0 Å². The van der Waals surface area contributed by atoms with Crippen molar-refractivity contribution < 1.29 is 4.79 Å². The first-order valence-corrected chi connectivity index (χ1v) is 8.14. The smallest absolute Gasteiger partial charge is 0.328 e. The molecule has 2 aliphatic rings. The van der Waals surface area contributed by atoms with Crippen molar-refractivity contribution in [1.82, 2.24) is 20.2 Å². The Morgan fingerprint density at radius 1 is 1.26 bits per heavy atom. The number of urea groups is 1. The Morgan fingerprint density at radius 2 is 1.91 bits per heavy atom. The van der Waals surface area contributed by atoms with E-state index in [1.165, 1.54) is 17.2 Å². The molecule has 2 amide bonds. The molecule has 3 N–H and O–H groups in total. The molecule has 0 spiro atoms. The minimum absolute atomic E-state index is 0.0943. The minimum atomic E-state index is -0.460. The second kappa shape index (κ2) is 5.54. The quantitative estimate of drug-likeness (QED) is 0.771. The summed E-state index contributed by atoms with van der Waals surface area (Å²) in [6, 6.07) is -0.00947. The normalized spacial score (nSPS) is 25.8. The summed E-state index contributed by atoms with van der Waals surface area (Å²) in [7, 11) is 0. The van der Waals surface area contributed by atoms with Gasteiger partial charge in [0.15, 0.2) is 0 Å². The van der Waals surface area contributed by atoms with Crippen molar-refractivity contribution in [3.8, 4) is 0 Å². The number of fused-ring (bicyclic) bond motifs is 1. The minimum Gasteiger partial charge on any atom is -0.335 e. The molecule has 3 rings (SSSR count). The lowest BCUT2D eigenvalue weighted by molar-refractivity contribution is 0.235. The summed E-state index contributed by atoms with van der Waals surface area (Å²) in [4.78, 5) is 38.0. The number of H-pyrrole nitrogens is 1. The maximum Gasteiger partial charge on any atom is 0.328 e. The van der Waals surface area contributed by atoms with Crippen molar-refractivity contribution in [2.24, 2.45) is 11.8 Å². The molecule has 1 aromatic rings. The zero-order valence-corrected chi connectivity index (χ0v) is 13.8. The largest absolute Gasteiger partial charge is 0.335 e. The molecule has 2 unspecified atom stereocenters. The van der Waals surface area contributed by atoms with Gasteiger partial charge in [0, 0.05) is 17.8 Å². The van der Waals surface area contributed by atoms with E-state index in [1.54, 1.807) is 0 Å². The molecule has 0 aliphatic heterocycles. The van der Waals surface area contributed by atoms with Crippen LogP contribution in [0.4, 0.5) is 4.79 Å². The summed E-state index contributed by atoms with van der Waals surface area (Å²) in [5.74, 6) is 1.61. The van der Waals surface area contributed by atoms with Crippen LogP contribution in [0.1, 0.15) is 45.6 Å². The number of nitrogens with zero attached hydrogens (tertiary/aromatic N) is 1. The number of aromatic nitrogens is 2. The third kappa shape index (κ3) is 3.48. The average molecular weight is 320 g/mol. The fourth-order valence-corrected chi connectivity index (χ4v) is 3.38. The van der Waals surface area contributed by atoms with Crippen LogP contribution < -0.4 is 21.9 Å². The third-order valence-electron chi connectivity index (χ3n) is 4.76. The second-order valence-corrected chi connectivity index (χ2v) is 7.71. The van der Waals surface area contributed by atoms with Crippen LogP contribution >= 0.6 is 0 Å². The molecule has 0 saturated heterocycles. The lowest BCUT2D eigenvalue weighted by Gasteiger charge is -2.22. The van der Waals surface area contributed by atoms with Gasteiger partial charge in [0.2, 0.25) is 0 Å². The van der Waals surface area contributed by atoms with E-state index in [0.29, 0.717) is 5.56 Å². The monoisotopic (exact) mass is 320 g/mol. The topological polar surface area (TPSA) is 96.0 Å². The SMILES string of the molecule is CC(C)(C)n1cc(CNC(=O)NC2CC3CC3C2)c(=O)[nH]c1=O. The van der Waals surface area contributed by atoms with Crippen molar-refractivity contribution >= 4 is 6.03 Å². The lowest BCUT2D eigenvalue weighted by Crippen LogP contribution is -2.43. The summed E-state index contributed by atoms with van der Waals surface area (Å²) in [6.45, 7) is 5.73. The molecule has 1 heterocycles. The van der Waals surface area contributed by atoms with Crippen LogP contribution in [0.2, 0.25) is 0 Å². The van der Waals surface area contributed by atoms with Gasteiger partial charge in [-0.05, 0) is 51.9 Å². The Bertz CT molecular complexity index is 718. The molecule has 0 radical (unpaired) electrons. The van der Waals surface area contributed by atoms with Crippen LogP contribution in [0.5, 0.6) is 0 Å². The molecular formula is C16H24N4O3. The Hall–Kier alpha value is -2.05. The lowest BCUT2D eigenvalue weighted by atomic mass is 10.1. The fourth-order valence-electron chi connectivity index (χ4n) is 3.38. The number of carbonyl (C=O) groups excluding carboxylic acids is 1.